The molecule has 0 aliphatic heterocycles. The van der Waals surface area contributed by atoms with E-state index in [9.17, 15) is 9.90 Å². The molecule has 3 aromatic rings. The number of carbonyl (C=O) groups is 1. The van der Waals surface area contributed by atoms with Gasteiger partial charge in [-0.15, -0.1) is 0 Å². The minimum Gasteiger partial charge on any atom is -0.488 e. The molecule has 0 atom stereocenters. The zero-order valence-corrected chi connectivity index (χ0v) is 15.7. The molecule has 0 radical (unpaired) electrons. The Kier molecular flexibility index (Phi) is 6.22. The van der Waals surface area contributed by atoms with Crippen molar-refractivity contribution in [2.75, 3.05) is 0 Å². The first-order valence-electron chi connectivity index (χ1n) is 8.15. The Bertz CT molecular complexity index is 956. The number of carboxylic acid groups (broad SMARTS) is 1. The molecule has 0 spiro atoms. The molecule has 0 aliphatic rings. The fraction of sp³-hybridized carbons (Fsp3) is 0.0952. The lowest BCUT2D eigenvalue weighted by Gasteiger charge is -2.16. The Hall–Kier alpha value is -2.69. The van der Waals surface area contributed by atoms with Crippen molar-refractivity contribution < 1.29 is 19.4 Å². The minimum atomic E-state index is -1.08. The maximum Gasteiger partial charge on any atom is 0.339 e. The van der Waals surface area contributed by atoms with Crippen LogP contribution >= 0.6 is 23.2 Å². The van der Waals surface area contributed by atoms with Gasteiger partial charge in [0.2, 0.25) is 0 Å². The third-order valence-electron chi connectivity index (χ3n) is 3.88. The van der Waals surface area contributed by atoms with Crippen molar-refractivity contribution in [1.82, 2.24) is 0 Å². The molecule has 0 aromatic heterocycles. The molecule has 0 saturated heterocycles. The van der Waals surface area contributed by atoms with Gasteiger partial charge in [0.15, 0.2) is 0 Å². The first-order chi connectivity index (χ1) is 13.1. The highest BCUT2D eigenvalue weighted by Gasteiger charge is 2.17. The van der Waals surface area contributed by atoms with Gasteiger partial charge in [0.1, 0.15) is 30.3 Å². The van der Waals surface area contributed by atoms with Crippen molar-refractivity contribution in [3.63, 3.8) is 0 Å². The molecule has 6 heteroatoms. The lowest BCUT2D eigenvalue weighted by molar-refractivity contribution is 0.0691. The molecule has 3 aromatic carbocycles. The molecule has 0 fully saturated rings. The summed E-state index contributed by atoms with van der Waals surface area (Å²) < 4.78 is 11.6. The maximum atomic E-state index is 11.6. The molecular formula is C21H16Cl2O4. The highest BCUT2D eigenvalue weighted by atomic mass is 35.5. The normalized spacial score (nSPS) is 10.4. The largest absolute Gasteiger partial charge is 0.488 e. The van der Waals surface area contributed by atoms with Crippen molar-refractivity contribution >= 4 is 29.2 Å². The SMILES string of the molecule is O=C(O)c1cccc(COc2ccccc2Cl)c1OCc1ccccc1Cl. The Morgan fingerprint density at radius 1 is 0.778 bits per heavy atom. The fourth-order valence-corrected chi connectivity index (χ4v) is 2.90. The third kappa shape index (κ3) is 4.73. The van der Waals surface area contributed by atoms with Crippen LogP contribution in [0.15, 0.2) is 66.7 Å². The second kappa shape index (κ2) is 8.80. The number of para-hydroxylation sites is 2. The minimum absolute atomic E-state index is 0.0577. The number of hydrogen-bond donors (Lipinski definition) is 1. The molecule has 0 aliphatic carbocycles. The average molecular weight is 403 g/mol. The maximum absolute atomic E-state index is 11.6. The molecule has 138 valence electrons. The van der Waals surface area contributed by atoms with Crippen LogP contribution in [0.25, 0.3) is 0 Å². The summed E-state index contributed by atoms with van der Waals surface area (Å²) in [4.78, 5) is 11.6. The van der Waals surface area contributed by atoms with Gasteiger partial charge < -0.3 is 14.6 Å². The first kappa shape index (κ1) is 19.1. The second-order valence-electron chi connectivity index (χ2n) is 5.70. The van der Waals surface area contributed by atoms with Crippen molar-refractivity contribution in [2.24, 2.45) is 0 Å². The van der Waals surface area contributed by atoms with E-state index in [1.165, 1.54) is 6.07 Å². The lowest BCUT2D eigenvalue weighted by atomic mass is 10.1. The van der Waals surface area contributed by atoms with E-state index < -0.39 is 5.97 Å². The first-order valence-corrected chi connectivity index (χ1v) is 8.90. The lowest BCUT2D eigenvalue weighted by Crippen LogP contribution is -2.08. The van der Waals surface area contributed by atoms with Crippen molar-refractivity contribution in [1.29, 1.82) is 0 Å². The number of ether oxygens (including phenoxy) is 2. The zero-order chi connectivity index (χ0) is 19.2. The van der Waals surface area contributed by atoms with Crippen LogP contribution in [0.1, 0.15) is 21.5 Å². The quantitative estimate of drug-likeness (QED) is 0.538. The van der Waals surface area contributed by atoms with Crippen molar-refractivity contribution in [3.05, 3.63) is 93.5 Å². The molecular weight excluding hydrogens is 387 g/mol. The second-order valence-corrected chi connectivity index (χ2v) is 6.51. The summed E-state index contributed by atoms with van der Waals surface area (Å²) in [7, 11) is 0. The summed E-state index contributed by atoms with van der Waals surface area (Å²) in [5, 5.41) is 10.5. The Morgan fingerprint density at radius 2 is 1.41 bits per heavy atom. The van der Waals surface area contributed by atoms with Gasteiger partial charge in [-0.25, -0.2) is 4.79 Å². The smallest absolute Gasteiger partial charge is 0.339 e. The molecule has 0 bridgehead atoms. The van der Waals surface area contributed by atoms with Gasteiger partial charge in [0.25, 0.3) is 0 Å². The van der Waals surface area contributed by atoms with Gasteiger partial charge in [-0.3, -0.25) is 0 Å². The molecule has 0 saturated carbocycles. The Balaban J connectivity index is 1.85. The van der Waals surface area contributed by atoms with Crippen LogP contribution < -0.4 is 9.47 Å². The molecule has 27 heavy (non-hydrogen) atoms. The van der Waals surface area contributed by atoms with Crippen LogP contribution in [0.4, 0.5) is 0 Å². The van der Waals surface area contributed by atoms with E-state index in [1.807, 2.05) is 24.3 Å². The van der Waals surface area contributed by atoms with Crippen molar-refractivity contribution in [2.45, 2.75) is 13.2 Å². The fourth-order valence-electron chi connectivity index (χ4n) is 2.52. The molecule has 0 amide bonds. The molecule has 0 heterocycles. The molecule has 3 rings (SSSR count). The van der Waals surface area contributed by atoms with Gasteiger partial charge in [-0.05, 0) is 24.3 Å². The Labute approximate surface area is 166 Å². The zero-order valence-electron chi connectivity index (χ0n) is 14.2. The van der Waals surface area contributed by atoms with E-state index in [1.54, 1.807) is 36.4 Å². The third-order valence-corrected chi connectivity index (χ3v) is 4.56. The summed E-state index contributed by atoms with van der Waals surface area (Å²) >= 11 is 12.3. The highest BCUT2D eigenvalue weighted by molar-refractivity contribution is 6.32. The number of aromatic carboxylic acids is 1. The monoisotopic (exact) mass is 402 g/mol. The number of halogens is 2. The number of benzene rings is 3. The number of carboxylic acids is 1. The van der Waals surface area contributed by atoms with E-state index in [0.29, 0.717) is 21.4 Å². The number of hydrogen-bond acceptors (Lipinski definition) is 3. The van der Waals surface area contributed by atoms with E-state index in [2.05, 4.69) is 0 Å². The van der Waals surface area contributed by atoms with E-state index >= 15 is 0 Å². The topological polar surface area (TPSA) is 55.8 Å². The predicted octanol–water partition coefficient (Wildman–Crippen LogP) is 5.85. The summed E-state index contributed by atoms with van der Waals surface area (Å²) in [6.45, 7) is 0.256. The molecule has 4 nitrogen and oxygen atoms in total. The van der Waals surface area contributed by atoms with E-state index in [0.717, 1.165) is 5.56 Å². The molecule has 0 unspecified atom stereocenters. The van der Waals surface area contributed by atoms with E-state index in [-0.39, 0.29) is 24.5 Å². The van der Waals surface area contributed by atoms with Crippen LogP contribution in [0.5, 0.6) is 11.5 Å². The number of rotatable bonds is 7. The van der Waals surface area contributed by atoms with E-state index in [4.69, 9.17) is 32.7 Å². The van der Waals surface area contributed by atoms with Gasteiger partial charge in [-0.2, -0.15) is 0 Å². The summed E-state index contributed by atoms with van der Waals surface area (Å²) in [5.74, 6) is -0.322. The van der Waals surface area contributed by atoms with Crippen LogP contribution in [0, 0.1) is 0 Å². The van der Waals surface area contributed by atoms with Gasteiger partial charge in [-0.1, -0.05) is 65.7 Å². The van der Waals surface area contributed by atoms with Gasteiger partial charge in [0, 0.05) is 16.1 Å². The summed E-state index contributed by atoms with van der Waals surface area (Å²) in [5.41, 5.74) is 1.42. The van der Waals surface area contributed by atoms with Crippen molar-refractivity contribution in [3.8, 4) is 11.5 Å². The van der Waals surface area contributed by atoms with Gasteiger partial charge >= 0.3 is 5.97 Å². The molecule has 1 N–H and O–H groups in total. The van der Waals surface area contributed by atoms with Crippen LogP contribution in [0.3, 0.4) is 0 Å². The van der Waals surface area contributed by atoms with Crippen LogP contribution in [-0.4, -0.2) is 11.1 Å². The van der Waals surface area contributed by atoms with Crippen LogP contribution in [0.2, 0.25) is 10.0 Å². The highest BCUT2D eigenvalue weighted by Crippen LogP contribution is 2.29. The standard InChI is InChI=1S/C21H16Cl2O4/c22-17-9-2-1-6-14(17)12-27-20-15(7-5-8-16(20)21(24)25)13-26-19-11-4-3-10-18(19)23/h1-11H,12-13H2,(H,24,25). The summed E-state index contributed by atoms with van der Waals surface area (Å²) in [6, 6.07) is 19.2. The van der Waals surface area contributed by atoms with Gasteiger partial charge in [0.05, 0.1) is 5.02 Å². The average Bonchev–Trinajstić information content (AvgIpc) is 2.67. The predicted molar refractivity (Wildman–Crippen MR) is 105 cm³/mol. The Morgan fingerprint density at radius 3 is 2.11 bits per heavy atom. The summed E-state index contributed by atoms with van der Waals surface area (Å²) in [6.07, 6.45) is 0. The van der Waals surface area contributed by atoms with Crippen LogP contribution in [-0.2, 0) is 13.2 Å².